The fraction of sp³-hybridized carbons (Fsp3) is 0.188. The molecule has 128 valence electrons. The van der Waals surface area contributed by atoms with Crippen LogP contribution in [0.4, 0.5) is 28.9 Å². The van der Waals surface area contributed by atoms with Crippen molar-refractivity contribution < 1.29 is 17.6 Å². The Bertz CT molecular complexity index is 714. The van der Waals surface area contributed by atoms with Gasteiger partial charge in [-0.3, -0.25) is 0 Å². The molecule has 8 heteroatoms. The molecule has 0 radical (unpaired) electrons. The maximum Gasteiger partial charge on any atom is 0.416 e. The van der Waals surface area contributed by atoms with Crippen molar-refractivity contribution in [3.8, 4) is 0 Å². The van der Waals surface area contributed by atoms with E-state index in [1.165, 1.54) is 0 Å². The van der Waals surface area contributed by atoms with Gasteiger partial charge in [-0.25, -0.2) is 4.39 Å². The lowest BCUT2D eigenvalue weighted by molar-refractivity contribution is -0.137. The Labute approximate surface area is 141 Å². The van der Waals surface area contributed by atoms with Gasteiger partial charge in [-0.05, 0) is 66.7 Å². The average Bonchev–Trinajstić information content (AvgIpc) is 2.50. The number of hydrogen-bond acceptors (Lipinski definition) is 2. The largest absolute Gasteiger partial charge is 0.416 e. The first-order valence-corrected chi connectivity index (χ1v) is 7.42. The fourth-order valence-electron chi connectivity index (χ4n) is 2.00. The summed E-state index contributed by atoms with van der Waals surface area (Å²) in [4.78, 5) is 0. The zero-order valence-corrected chi connectivity index (χ0v) is 13.3. The molecule has 0 heterocycles. The maximum atomic E-state index is 13.6. The van der Waals surface area contributed by atoms with E-state index in [-0.39, 0.29) is 23.6 Å². The maximum absolute atomic E-state index is 13.6. The summed E-state index contributed by atoms with van der Waals surface area (Å²) < 4.78 is 51.5. The topological polar surface area (TPSA) is 50.1 Å². The van der Waals surface area contributed by atoms with Crippen LogP contribution in [0.3, 0.4) is 0 Å². The lowest BCUT2D eigenvalue weighted by Crippen LogP contribution is -2.30. The first-order chi connectivity index (χ1) is 11.3. The van der Waals surface area contributed by atoms with Crippen LogP contribution >= 0.6 is 12.2 Å². The molecule has 0 saturated heterocycles. The van der Waals surface area contributed by atoms with E-state index in [0.29, 0.717) is 11.4 Å². The summed E-state index contributed by atoms with van der Waals surface area (Å²) in [7, 11) is 0. The summed E-state index contributed by atoms with van der Waals surface area (Å²) in [6.45, 7) is 0.193. The third-order valence-electron chi connectivity index (χ3n) is 3.22. The van der Waals surface area contributed by atoms with Crippen LogP contribution in [0.5, 0.6) is 0 Å². The van der Waals surface area contributed by atoms with E-state index in [9.17, 15) is 17.6 Å². The number of halogens is 4. The van der Waals surface area contributed by atoms with Crippen molar-refractivity contribution in [2.24, 2.45) is 0 Å². The Balaban J connectivity index is 1.89. The molecule has 0 bridgehead atoms. The molecule has 0 aromatic heterocycles. The number of thiocarbonyl (C=S) groups is 1. The zero-order chi connectivity index (χ0) is 17.7. The predicted molar refractivity (Wildman–Crippen MR) is 90.2 cm³/mol. The van der Waals surface area contributed by atoms with Crippen LogP contribution in [-0.2, 0) is 12.6 Å². The third-order valence-corrected chi connectivity index (χ3v) is 3.47. The fourth-order valence-corrected chi connectivity index (χ4v) is 2.22. The molecular formula is C16H15F4N3S. The van der Waals surface area contributed by atoms with E-state index >= 15 is 0 Å². The third kappa shape index (κ3) is 5.09. The summed E-state index contributed by atoms with van der Waals surface area (Å²) in [5.74, 6) is -0.679. The van der Waals surface area contributed by atoms with E-state index in [4.69, 9.17) is 18.0 Å². The SMILES string of the molecule is Nc1ccc(NC(=S)NCCc2cc(C(F)(F)F)ccc2F)cc1. The molecule has 0 fully saturated rings. The van der Waals surface area contributed by atoms with E-state index < -0.39 is 17.6 Å². The van der Waals surface area contributed by atoms with Crippen LogP contribution in [0, 0.1) is 5.82 Å². The van der Waals surface area contributed by atoms with Gasteiger partial charge < -0.3 is 16.4 Å². The predicted octanol–water partition coefficient (Wildman–Crippen LogP) is 3.96. The number of rotatable bonds is 4. The highest BCUT2D eigenvalue weighted by Gasteiger charge is 2.30. The highest BCUT2D eigenvalue weighted by atomic mass is 32.1. The molecule has 2 aromatic carbocycles. The van der Waals surface area contributed by atoms with Crippen LogP contribution < -0.4 is 16.4 Å². The minimum atomic E-state index is -4.50. The van der Waals surface area contributed by atoms with Gasteiger partial charge in [0.1, 0.15) is 5.82 Å². The number of hydrogen-bond donors (Lipinski definition) is 3. The van der Waals surface area contributed by atoms with Gasteiger partial charge in [-0.15, -0.1) is 0 Å². The molecule has 2 rings (SSSR count). The summed E-state index contributed by atoms with van der Waals surface area (Å²) >= 11 is 5.07. The van der Waals surface area contributed by atoms with Crippen LogP contribution in [0.2, 0.25) is 0 Å². The van der Waals surface area contributed by atoms with Crippen LogP contribution in [0.1, 0.15) is 11.1 Å². The molecule has 0 aliphatic rings. The Morgan fingerprint density at radius 1 is 1.08 bits per heavy atom. The van der Waals surface area contributed by atoms with Crippen LogP contribution in [0.15, 0.2) is 42.5 Å². The molecule has 0 saturated carbocycles. The summed E-state index contributed by atoms with van der Waals surface area (Å²) in [6.07, 6.45) is -4.43. The van der Waals surface area contributed by atoms with Gasteiger partial charge in [0, 0.05) is 17.9 Å². The smallest absolute Gasteiger partial charge is 0.399 e. The van der Waals surface area contributed by atoms with Crippen molar-refractivity contribution in [3.63, 3.8) is 0 Å². The number of alkyl halides is 3. The molecular weight excluding hydrogens is 342 g/mol. The van der Waals surface area contributed by atoms with Crippen molar-refractivity contribution in [2.75, 3.05) is 17.6 Å². The van der Waals surface area contributed by atoms with Gasteiger partial charge in [-0.1, -0.05) is 0 Å². The Hall–Kier alpha value is -2.35. The normalized spacial score (nSPS) is 11.2. The van der Waals surface area contributed by atoms with Gasteiger partial charge >= 0.3 is 6.18 Å². The first kappa shape index (κ1) is 18.0. The standard InChI is InChI=1S/C16H15F4N3S/c17-14-6-1-11(16(18,19)20)9-10(14)7-8-22-15(24)23-13-4-2-12(21)3-5-13/h1-6,9H,7-8,21H2,(H2,22,23,24). The van der Waals surface area contributed by atoms with Gasteiger partial charge in [-0.2, -0.15) is 13.2 Å². The van der Waals surface area contributed by atoms with Crippen molar-refractivity contribution in [1.29, 1.82) is 0 Å². The molecule has 0 aliphatic heterocycles. The second-order valence-electron chi connectivity index (χ2n) is 5.06. The average molecular weight is 357 g/mol. The monoisotopic (exact) mass is 357 g/mol. The van der Waals surface area contributed by atoms with Crippen LogP contribution in [0.25, 0.3) is 0 Å². The van der Waals surface area contributed by atoms with Crippen molar-refractivity contribution in [2.45, 2.75) is 12.6 Å². The second kappa shape index (κ2) is 7.48. The summed E-state index contributed by atoms with van der Waals surface area (Å²) in [6, 6.07) is 9.22. The minimum Gasteiger partial charge on any atom is -0.399 e. The molecule has 0 aliphatic carbocycles. The molecule has 4 N–H and O–H groups in total. The van der Waals surface area contributed by atoms with Gasteiger partial charge in [0.25, 0.3) is 0 Å². The van der Waals surface area contributed by atoms with Crippen molar-refractivity contribution in [1.82, 2.24) is 5.32 Å². The van der Waals surface area contributed by atoms with Gasteiger partial charge in [0.2, 0.25) is 0 Å². The van der Waals surface area contributed by atoms with Crippen LogP contribution in [-0.4, -0.2) is 11.7 Å². The Morgan fingerprint density at radius 3 is 2.38 bits per heavy atom. The molecule has 0 amide bonds. The molecule has 0 spiro atoms. The van der Waals surface area contributed by atoms with E-state index in [0.717, 1.165) is 18.2 Å². The van der Waals surface area contributed by atoms with Crippen molar-refractivity contribution in [3.05, 3.63) is 59.4 Å². The number of anilines is 2. The van der Waals surface area contributed by atoms with Crippen molar-refractivity contribution >= 4 is 28.7 Å². The number of nitrogens with two attached hydrogens (primary N) is 1. The Kier molecular flexibility index (Phi) is 5.61. The zero-order valence-electron chi connectivity index (χ0n) is 12.5. The number of nitrogen functional groups attached to an aromatic ring is 1. The highest BCUT2D eigenvalue weighted by Crippen LogP contribution is 2.30. The quantitative estimate of drug-likeness (QED) is 0.441. The molecule has 2 aromatic rings. The molecule has 24 heavy (non-hydrogen) atoms. The molecule has 0 unspecified atom stereocenters. The van der Waals surface area contributed by atoms with E-state index in [2.05, 4.69) is 10.6 Å². The Morgan fingerprint density at radius 2 is 1.75 bits per heavy atom. The molecule has 0 atom stereocenters. The lowest BCUT2D eigenvalue weighted by Gasteiger charge is -2.12. The summed E-state index contributed by atoms with van der Waals surface area (Å²) in [5, 5.41) is 6.00. The highest BCUT2D eigenvalue weighted by molar-refractivity contribution is 7.80. The van der Waals surface area contributed by atoms with E-state index in [1.807, 2.05) is 0 Å². The number of nitrogens with one attached hydrogen (secondary N) is 2. The van der Waals surface area contributed by atoms with E-state index in [1.54, 1.807) is 24.3 Å². The van der Waals surface area contributed by atoms with Gasteiger partial charge in [0.05, 0.1) is 5.56 Å². The lowest BCUT2D eigenvalue weighted by atomic mass is 10.1. The summed E-state index contributed by atoms with van der Waals surface area (Å²) in [5.41, 5.74) is 6.00. The molecule has 3 nitrogen and oxygen atoms in total. The number of benzene rings is 2. The first-order valence-electron chi connectivity index (χ1n) is 7.02. The minimum absolute atomic E-state index is 0.0207. The second-order valence-corrected chi connectivity index (χ2v) is 5.47. The van der Waals surface area contributed by atoms with Gasteiger partial charge in [0.15, 0.2) is 5.11 Å².